The summed E-state index contributed by atoms with van der Waals surface area (Å²) in [5, 5.41) is 8.97. The van der Waals surface area contributed by atoms with E-state index >= 15 is 0 Å². The highest BCUT2D eigenvalue weighted by Crippen LogP contribution is 2.25. The number of carbonyl (C=O) groups excluding carboxylic acids is 2. The first-order valence-corrected chi connectivity index (χ1v) is 5.89. The third kappa shape index (κ3) is 2.65. The number of amides is 1. The lowest BCUT2D eigenvalue weighted by Crippen LogP contribution is -2.47. The third-order valence-electron chi connectivity index (χ3n) is 3.49. The predicted octanol–water partition coefficient (Wildman–Crippen LogP) is 1.07. The summed E-state index contributed by atoms with van der Waals surface area (Å²) in [6, 6.07) is -0.834. The van der Waals surface area contributed by atoms with Crippen molar-refractivity contribution in [3.05, 3.63) is 0 Å². The number of likely N-dealkylation sites (tertiary alicyclic amines) is 1. The van der Waals surface area contributed by atoms with Crippen LogP contribution >= 0.6 is 0 Å². The van der Waals surface area contributed by atoms with Gasteiger partial charge in [0.05, 0.1) is 0 Å². The van der Waals surface area contributed by atoms with Crippen molar-refractivity contribution in [2.45, 2.75) is 46.1 Å². The number of aliphatic carboxylic acids is 1. The van der Waals surface area contributed by atoms with Crippen molar-refractivity contribution in [1.29, 1.82) is 0 Å². The lowest BCUT2D eigenvalue weighted by molar-refractivity contribution is -0.154. The highest BCUT2D eigenvalue weighted by Gasteiger charge is 2.40. The second-order valence-electron chi connectivity index (χ2n) is 5.06. The second-order valence-corrected chi connectivity index (χ2v) is 5.06. The monoisotopic (exact) mass is 241 g/mol. The molecule has 1 N–H and O–H groups in total. The summed E-state index contributed by atoms with van der Waals surface area (Å²) < 4.78 is 0. The van der Waals surface area contributed by atoms with Gasteiger partial charge in [0.25, 0.3) is 5.91 Å². The van der Waals surface area contributed by atoms with Crippen LogP contribution in [0.4, 0.5) is 0 Å². The lowest BCUT2D eigenvalue weighted by atomic mass is 9.84. The number of carbonyl (C=O) groups is 3. The number of ketones is 1. The van der Waals surface area contributed by atoms with Crippen LogP contribution in [0.3, 0.4) is 0 Å². The van der Waals surface area contributed by atoms with Gasteiger partial charge in [-0.1, -0.05) is 20.8 Å². The number of Topliss-reactive ketones (excluding diaryl/α,β-unsaturated/α-hetero) is 1. The zero-order valence-corrected chi connectivity index (χ0v) is 10.5. The van der Waals surface area contributed by atoms with Crippen molar-refractivity contribution < 1.29 is 19.5 Å². The molecule has 1 amide bonds. The van der Waals surface area contributed by atoms with Crippen LogP contribution in [0.15, 0.2) is 0 Å². The number of carboxylic acid groups (broad SMARTS) is 1. The quantitative estimate of drug-likeness (QED) is 0.747. The number of nitrogens with zero attached hydrogens (tertiary/aromatic N) is 1. The minimum atomic E-state index is -1.03. The molecule has 0 radical (unpaired) electrons. The van der Waals surface area contributed by atoms with Crippen molar-refractivity contribution in [2.24, 2.45) is 5.41 Å². The Labute approximate surface area is 101 Å². The van der Waals surface area contributed by atoms with Gasteiger partial charge in [0, 0.05) is 12.0 Å². The van der Waals surface area contributed by atoms with Crippen LogP contribution in [0.5, 0.6) is 0 Å². The van der Waals surface area contributed by atoms with E-state index in [9.17, 15) is 14.4 Å². The molecule has 1 heterocycles. The summed E-state index contributed by atoms with van der Waals surface area (Å²) >= 11 is 0. The molecule has 1 aliphatic rings. The molecule has 96 valence electrons. The molecule has 1 unspecified atom stereocenters. The molecule has 1 fully saturated rings. The Morgan fingerprint density at radius 1 is 1.35 bits per heavy atom. The average molecular weight is 241 g/mol. The van der Waals surface area contributed by atoms with Gasteiger partial charge in [0.2, 0.25) is 5.78 Å². The lowest BCUT2D eigenvalue weighted by Gasteiger charge is -2.26. The molecule has 1 atom stereocenters. The fourth-order valence-electron chi connectivity index (χ4n) is 1.85. The van der Waals surface area contributed by atoms with E-state index in [0.29, 0.717) is 25.8 Å². The van der Waals surface area contributed by atoms with Gasteiger partial charge in [-0.3, -0.25) is 9.59 Å². The van der Waals surface area contributed by atoms with Crippen molar-refractivity contribution >= 4 is 17.7 Å². The molecule has 0 spiro atoms. The van der Waals surface area contributed by atoms with E-state index in [4.69, 9.17) is 5.11 Å². The van der Waals surface area contributed by atoms with E-state index in [-0.39, 0.29) is 0 Å². The summed E-state index contributed by atoms with van der Waals surface area (Å²) in [6.07, 6.45) is 1.63. The zero-order chi connectivity index (χ0) is 13.2. The van der Waals surface area contributed by atoms with Crippen molar-refractivity contribution in [2.75, 3.05) is 6.54 Å². The predicted molar refractivity (Wildman–Crippen MR) is 61.4 cm³/mol. The number of rotatable bonds is 4. The fourth-order valence-corrected chi connectivity index (χ4v) is 1.85. The molecule has 1 aliphatic heterocycles. The van der Waals surface area contributed by atoms with E-state index in [1.54, 1.807) is 13.8 Å². The first-order valence-electron chi connectivity index (χ1n) is 5.89. The summed E-state index contributed by atoms with van der Waals surface area (Å²) in [5.74, 6) is -2.17. The molecule has 17 heavy (non-hydrogen) atoms. The van der Waals surface area contributed by atoms with Crippen LogP contribution in [0.2, 0.25) is 0 Å². The first-order chi connectivity index (χ1) is 7.81. The fraction of sp³-hybridized carbons (Fsp3) is 0.750. The summed E-state index contributed by atoms with van der Waals surface area (Å²) in [5.41, 5.74) is -0.720. The molecule has 5 nitrogen and oxygen atoms in total. The van der Waals surface area contributed by atoms with E-state index in [2.05, 4.69) is 0 Å². The number of carboxylic acids is 1. The Balaban J connectivity index is 2.83. The van der Waals surface area contributed by atoms with Gasteiger partial charge in [0.1, 0.15) is 6.04 Å². The Bertz CT molecular complexity index is 348. The molecular formula is C12H19NO4. The highest BCUT2D eigenvalue weighted by atomic mass is 16.4. The molecule has 0 bridgehead atoms. The Hall–Kier alpha value is -1.39. The molecule has 0 aromatic carbocycles. The van der Waals surface area contributed by atoms with Crippen molar-refractivity contribution in [3.63, 3.8) is 0 Å². The molecule has 1 rings (SSSR count). The maximum atomic E-state index is 12.0. The van der Waals surface area contributed by atoms with E-state index < -0.39 is 29.1 Å². The van der Waals surface area contributed by atoms with E-state index in [0.717, 1.165) is 0 Å². The highest BCUT2D eigenvalue weighted by molar-refractivity contribution is 6.38. The topological polar surface area (TPSA) is 74.7 Å². The molecular weight excluding hydrogens is 222 g/mol. The van der Waals surface area contributed by atoms with E-state index in [1.807, 2.05) is 6.92 Å². The Kier molecular flexibility index (Phi) is 3.91. The van der Waals surface area contributed by atoms with Gasteiger partial charge in [-0.25, -0.2) is 4.79 Å². The molecule has 5 heteroatoms. The van der Waals surface area contributed by atoms with Gasteiger partial charge >= 0.3 is 5.97 Å². The Morgan fingerprint density at radius 2 is 1.94 bits per heavy atom. The van der Waals surface area contributed by atoms with Crippen LogP contribution in [0.1, 0.15) is 40.0 Å². The van der Waals surface area contributed by atoms with Crippen molar-refractivity contribution in [1.82, 2.24) is 4.90 Å². The second kappa shape index (κ2) is 4.85. The molecule has 0 aromatic rings. The number of hydrogen-bond donors (Lipinski definition) is 1. The summed E-state index contributed by atoms with van der Waals surface area (Å²) in [7, 11) is 0. The maximum Gasteiger partial charge on any atom is 0.326 e. The van der Waals surface area contributed by atoms with Crippen LogP contribution < -0.4 is 0 Å². The molecule has 0 aliphatic carbocycles. The first kappa shape index (κ1) is 13.7. The normalized spacial score (nSPS) is 20.4. The van der Waals surface area contributed by atoms with Gasteiger partial charge in [-0.05, 0) is 19.3 Å². The van der Waals surface area contributed by atoms with Crippen LogP contribution in [0, 0.1) is 5.41 Å². The smallest absolute Gasteiger partial charge is 0.326 e. The Morgan fingerprint density at radius 3 is 2.41 bits per heavy atom. The molecule has 1 saturated heterocycles. The van der Waals surface area contributed by atoms with Crippen molar-refractivity contribution in [3.8, 4) is 0 Å². The largest absolute Gasteiger partial charge is 0.480 e. The summed E-state index contributed by atoms with van der Waals surface area (Å²) in [6.45, 7) is 5.61. The SMILES string of the molecule is CCC(C)(C)C(=O)C(=O)N1CCCC1C(=O)O. The van der Waals surface area contributed by atoms with Gasteiger partial charge in [0.15, 0.2) is 0 Å². The molecule has 0 saturated carbocycles. The van der Waals surface area contributed by atoms with Gasteiger partial charge < -0.3 is 10.0 Å². The summed E-state index contributed by atoms with van der Waals surface area (Å²) in [4.78, 5) is 36.1. The van der Waals surface area contributed by atoms with Crippen LogP contribution in [-0.4, -0.2) is 40.3 Å². The van der Waals surface area contributed by atoms with Crippen LogP contribution in [-0.2, 0) is 14.4 Å². The maximum absolute atomic E-state index is 12.0. The van der Waals surface area contributed by atoms with Gasteiger partial charge in [-0.15, -0.1) is 0 Å². The number of hydrogen-bond acceptors (Lipinski definition) is 3. The minimum absolute atomic E-state index is 0.362. The minimum Gasteiger partial charge on any atom is -0.480 e. The van der Waals surface area contributed by atoms with E-state index in [1.165, 1.54) is 4.90 Å². The third-order valence-corrected chi connectivity index (χ3v) is 3.49. The van der Waals surface area contributed by atoms with Crippen LogP contribution in [0.25, 0.3) is 0 Å². The molecule has 0 aromatic heterocycles. The average Bonchev–Trinajstić information content (AvgIpc) is 2.75. The standard InChI is InChI=1S/C12H19NO4/c1-4-12(2,3)9(14)10(15)13-7-5-6-8(13)11(16)17/h8H,4-7H2,1-3H3,(H,16,17). The van der Waals surface area contributed by atoms with Gasteiger partial charge in [-0.2, -0.15) is 0 Å². The zero-order valence-electron chi connectivity index (χ0n) is 10.5.